The van der Waals surface area contributed by atoms with Crippen molar-refractivity contribution < 1.29 is 13.9 Å². The van der Waals surface area contributed by atoms with Gasteiger partial charge in [0.15, 0.2) is 0 Å². The van der Waals surface area contributed by atoms with Crippen molar-refractivity contribution in [2.75, 3.05) is 0 Å². The molecule has 0 spiro atoms. The Labute approximate surface area is 143 Å². The third-order valence-electron chi connectivity index (χ3n) is 3.76. The molecule has 0 unspecified atom stereocenters. The normalized spacial score (nSPS) is 10.9. The fourth-order valence-electron chi connectivity index (χ4n) is 2.55. The maximum absolute atomic E-state index is 11.9. The fourth-order valence-corrected chi connectivity index (χ4v) is 3.30. The number of benzene rings is 1. The van der Waals surface area contributed by atoms with Gasteiger partial charge in [-0.1, -0.05) is 18.2 Å². The van der Waals surface area contributed by atoms with E-state index >= 15 is 0 Å². The molecule has 1 aromatic carbocycles. The summed E-state index contributed by atoms with van der Waals surface area (Å²) in [6.45, 7) is 2.02. The van der Waals surface area contributed by atoms with Crippen LogP contribution in [0.1, 0.15) is 28.8 Å². The molecule has 0 radical (unpaired) electrons. The molecule has 24 heavy (non-hydrogen) atoms. The quantitative estimate of drug-likeness (QED) is 0.497. The number of carbonyl (C=O) groups is 1. The van der Waals surface area contributed by atoms with Gasteiger partial charge in [-0.05, 0) is 42.8 Å². The zero-order chi connectivity index (χ0) is 16.9. The van der Waals surface area contributed by atoms with Crippen molar-refractivity contribution in [2.24, 2.45) is 0 Å². The zero-order valence-corrected chi connectivity index (χ0v) is 14.2. The summed E-state index contributed by atoms with van der Waals surface area (Å²) in [6.07, 6.45) is 2.01. The van der Waals surface area contributed by atoms with E-state index in [0.29, 0.717) is 17.6 Å². The van der Waals surface area contributed by atoms with Crippen LogP contribution in [-0.4, -0.2) is 5.97 Å². The Morgan fingerprint density at radius 3 is 2.92 bits per heavy atom. The molecule has 0 aliphatic rings. The molecular weight excluding hydrogens is 324 g/mol. The lowest BCUT2D eigenvalue weighted by Crippen LogP contribution is -2.07. The molecule has 0 amide bonds. The number of hydrogen-bond acceptors (Lipinski definition) is 5. The molecule has 0 bridgehead atoms. The Bertz CT molecular complexity index is 893. The molecule has 3 rings (SSSR count). The van der Waals surface area contributed by atoms with E-state index in [1.54, 1.807) is 11.3 Å². The van der Waals surface area contributed by atoms with Crippen molar-refractivity contribution in [2.45, 2.75) is 32.8 Å². The topological polar surface area (TPSA) is 56.5 Å². The highest BCUT2D eigenvalue weighted by molar-refractivity contribution is 7.09. The van der Waals surface area contributed by atoms with Crippen LogP contribution < -0.4 is 5.63 Å². The van der Waals surface area contributed by atoms with Crippen molar-refractivity contribution in [1.82, 2.24) is 0 Å². The number of aryl methyl sites for hydroxylation is 2. The average molecular weight is 342 g/mol. The van der Waals surface area contributed by atoms with Gasteiger partial charge in [-0.2, -0.15) is 0 Å². The molecule has 0 aliphatic carbocycles. The van der Waals surface area contributed by atoms with Crippen LogP contribution >= 0.6 is 11.3 Å². The van der Waals surface area contributed by atoms with Gasteiger partial charge in [0, 0.05) is 28.3 Å². The first-order valence-corrected chi connectivity index (χ1v) is 8.71. The van der Waals surface area contributed by atoms with Gasteiger partial charge in [-0.25, -0.2) is 4.79 Å². The molecule has 124 valence electrons. The minimum Gasteiger partial charge on any atom is -0.461 e. The van der Waals surface area contributed by atoms with Gasteiger partial charge in [0.05, 0.1) is 0 Å². The van der Waals surface area contributed by atoms with Crippen molar-refractivity contribution in [3.8, 4) is 0 Å². The van der Waals surface area contributed by atoms with E-state index in [4.69, 9.17) is 9.15 Å². The predicted octanol–water partition coefficient (Wildman–Crippen LogP) is 4.23. The minimum atomic E-state index is -0.433. The summed E-state index contributed by atoms with van der Waals surface area (Å²) in [5, 5.41) is 2.83. The second-order valence-electron chi connectivity index (χ2n) is 5.68. The van der Waals surface area contributed by atoms with E-state index in [-0.39, 0.29) is 12.6 Å². The zero-order valence-electron chi connectivity index (χ0n) is 13.4. The Hall–Kier alpha value is -2.40. The summed E-state index contributed by atoms with van der Waals surface area (Å²) in [4.78, 5) is 24.8. The van der Waals surface area contributed by atoms with Gasteiger partial charge in [0.2, 0.25) is 0 Å². The molecule has 0 saturated heterocycles. The lowest BCUT2D eigenvalue weighted by atomic mass is 10.1. The SMILES string of the molecule is Cc1ccc2c(COC(=O)CCCc3cccs3)cc(=O)oc2c1. The molecule has 2 heterocycles. The Balaban J connectivity index is 1.60. The van der Waals surface area contributed by atoms with Crippen molar-refractivity contribution >= 4 is 28.3 Å². The number of esters is 1. The van der Waals surface area contributed by atoms with Gasteiger partial charge in [0.1, 0.15) is 12.2 Å². The smallest absolute Gasteiger partial charge is 0.336 e. The van der Waals surface area contributed by atoms with Crippen LogP contribution in [0.2, 0.25) is 0 Å². The molecule has 0 fully saturated rings. The molecular formula is C19H18O4S. The van der Waals surface area contributed by atoms with E-state index in [9.17, 15) is 9.59 Å². The molecule has 0 N–H and O–H groups in total. The predicted molar refractivity (Wildman–Crippen MR) is 94.3 cm³/mol. The van der Waals surface area contributed by atoms with Crippen LogP contribution in [0.15, 0.2) is 51.0 Å². The standard InChI is InChI=1S/C19H18O4S/c1-13-7-8-16-14(11-19(21)23-17(16)10-13)12-22-18(20)6-2-4-15-5-3-9-24-15/h3,5,7-11H,2,4,6,12H2,1H3. The van der Waals surface area contributed by atoms with Gasteiger partial charge < -0.3 is 9.15 Å². The largest absolute Gasteiger partial charge is 0.461 e. The van der Waals surface area contributed by atoms with Gasteiger partial charge >= 0.3 is 11.6 Å². The number of carbonyl (C=O) groups excluding carboxylic acids is 1. The maximum Gasteiger partial charge on any atom is 0.336 e. The Morgan fingerprint density at radius 2 is 2.12 bits per heavy atom. The Kier molecular flexibility index (Phi) is 5.11. The maximum atomic E-state index is 11.9. The lowest BCUT2D eigenvalue weighted by Gasteiger charge is -2.07. The summed E-state index contributed by atoms with van der Waals surface area (Å²) in [5.74, 6) is -0.250. The number of hydrogen-bond donors (Lipinski definition) is 0. The molecule has 0 atom stereocenters. The van der Waals surface area contributed by atoms with Crippen molar-refractivity contribution in [3.63, 3.8) is 0 Å². The van der Waals surface area contributed by atoms with Crippen LogP contribution in [0.3, 0.4) is 0 Å². The van der Waals surface area contributed by atoms with Gasteiger partial charge in [-0.3, -0.25) is 4.79 Å². The van der Waals surface area contributed by atoms with Crippen molar-refractivity contribution in [3.05, 3.63) is 68.2 Å². The Morgan fingerprint density at radius 1 is 1.25 bits per heavy atom. The molecule has 4 nitrogen and oxygen atoms in total. The lowest BCUT2D eigenvalue weighted by molar-refractivity contribution is -0.145. The van der Waals surface area contributed by atoms with E-state index < -0.39 is 5.63 Å². The number of fused-ring (bicyclic) bond motifs is 1. The van der Waals surface area contributed by atoms with E-state index in [2.05, 4.69) is 6.07 Å². The highest BCUT2D eigenvalue weighted by Crippen LogP contribution is 2.19. The molecule has 3 aromatic rings. The van der Waals surface area contributed by atoms with Gasteiger partial charge in [-0.15, -0.1) is 11.3 Å². The molecule has 0 saturated carbocycles. The molecule has 2 aromatic heterocycles. The average Bonchev–Trinajstić information content (AvgIpc) is 3.05. The van der Waals surface area contributed by atoms with E-state index in [1.807, 2.05) is 36.6 Å². The third-order valence-corrected chi connectivity index (χ3v) is 4.69. The first-order valence-electron chi connectivity index (χ1n) is 7.83. The summed E-state index contributed by atoms with van der Waals surface area (Å²) >= 11 is 1.69. The second-order valence-corrected chi connectivity index (χ2v) is 6.72. The number of thiophene rings is 1. The molecule has 0 aliphatic heterocycles. The van der Waals surface area contributed by atoms with Crippen LogP contribution in [-0.2, 0) is 22.6 Å². The first-order chi connectivity index (χ1) is 11.6. The minimum absolute atomic E-state index is 0.0863. The summed E-state index contributed by atoms with van der Waals surface area (Å²) in [7, 11) is 0. The van der Waals surface area contributed by atoms with Crippen molar-refractivity contribution in [1.29, 1.82) is 0 Å². The summed E-state index contributed by atoms with van der Waals surface area (Å²) < 4.78 is 10.5. The van der Waals surface area contributed by atoms with E-state index in [1.165, 1.54) is 10.9 Å². The third kappa shape index (κ3) is 4.11. The fraction of sp³-hybridized carbons (Fsp3) is 0.263. The van der Waals surface area contributed by atoms with E-state index in [0.717, 1.165) is 23.8 Å². The summed E-state index contributed by atoms with van der Waals surface area (Å²) in [6, 6.07) is 11.1. The van der Waals surface area contributed by atoms with Gasteiger partial charge in [0.25, 0.3) is 0 Å². The van der Waals surface area contributed by atoms with Crippen LogP contribution in [0.4, 0.5) is 0 Å². The van der Waals surface area contributed by atoms with Crippen LogP contribution in [0.5, 0.6) is 0 Å². The van der Waals surface area contributed by atoms with Crippen LogP contribution in [0.25, 0.3) is 11.0 Å². The number of ether oxygens (including phenoxy) is 1. The van der Waals surface area contributed by atoms with Crippen LogP contribution in [0, 0.1) is 6.92 Å². The highest BCUT2D eigenvalue weighted by atomic mass is 32.1. The molecule has 5 heteroatoms. The second kappa shape index (κ2) is 7.45. The first kappa shape index (κ1) is 16.5. The summed E-state index contributed by atoms with van der Waals surface area (Å²) in [5.41, 5.74) is 1.77. The highest BCUT2D eigenvalue weighted by Gasteiger charge is 2.09. The number of rotatable bonds is 6. The monoisotopic (exact) mass is 342 g/mol.